The Morgan fingerprint density at radius 3 is 0.782 bits per heavy atom. The van der Waals surface area contributed by atoms with Gasteiger partial charge in [-0.25, -0.2) is 33.7 Å². The molecule has 8 heterocycles. The Hall–Kier alpha value is -14.8. The minimum Gasteiger partial charge on any atom is -0.495 e. The van der Waals surface area contributed by atoms with Crippen LogP contribution in [-0.4, -0.2) is 101 Å². The van der Waals surface area contributed by atoms with Crippen molar-refractivity contribution < 1.29 is 70.7 Å². The van der Waals surface area contributed by atoms with Gasteiger partial charge in [-0.15, -0.1) is 12.3 Å². The molecule has 8 aromatic heterocycles. The highest BCUT2D eigenvalue weighted by Crippen LogP contribution is 2.37. The summed E-state index contributed by atoms with van der Waals surface area (Å²) in [6, 6.07) is 58.9. The van der Waals surface area contributed by atoms with E-state index in [1.165, 1.54) is 187 Å². The van der Waals surface area contributed by atoms with Crippen molar-refractivity contribution in [2.24, 2.45) is 23.7 Å². The molecule has 0 aliphatic heterocycles. The molecule has 0 spiro atoms. The van der Waals surface area contributed by atoms with Gasteiger partial charge in [-0.05, 0) is 221 Å². The molecule has 4 saturated carbocycles. The number of benzene rings is 8. The normalized spacial score (nSPS) is 13.9. The number of ether oxygens (including phenoxy) is 4. The minimum atomic E-state index is -3.65. The van der Waals surface area contributed by atoms with Crippen LogP contribution in [0.1, 0.15) is 150 Å². The molecule has 8 aromatic carbocycles. The summed E-state index contributed by atoms with van der Waals surface area (Å²) >= 11 is 3.41. The first-order valence-corrected chi connectivity index (χ1v) is 53.1. The molecule has 28 nitrogen and oxygen atoms in total. The standard InChI is InChI=1S/3C27H24N2O5S.C20H15BrN2O5S.C7H10.CH4/c3*1-33-26-12-8-20(7-6-19-4-2-3-5-19)16-25(26)29-24-11-10-23(17-21(24)9-13-27(29)30)35(31,32)18-22-14-15-34-28-22;1-27-19-6-3-14(21)11-18(19)23-17-5-4-16(10-13(17)2-7-20(23)24)29(25,26)12-15-8-9-28-22-15;1-2-7-5-3-4-6-7;/h3*8-17,19H,2-5,18H2,1H3;2-11H,12H2,1H3;1,7H,3-6H2;1H4. The molecule has 0 unspecified atom stereocenters. The van der Waals surface area contributed by atoms with Gasteiger partial charge in [0.1, 0.15) is 71.1 Å². The molecule has 0 amide bonds. The van der Waals surface area contributed by atoms with E-state index in [1.807, 2.05) is 42.5 Å². The first-order chi connectivity index (χ1) is 68.1. The Morgan fingerprint density at radius 1 is 0.317 bits per heavy atom. The van der Waals surface area contributed by atoms with Gasteiger partial charge in [-0.2, -0.15) is 0 Å². The van der Waals surface area contributed by atoms with Crippen LogP contribution in [0.25, 0.3) is 66.4 Å². The maximum absolute atomic E-state index is 13.0. The van der Waals surface area contributed by atoms with Crippen LogP contribution in [0.2, 0.25) is 0 Å². The van der Waals surface area contributed by atoms with E-state index in [4.69, 9.17) is 43.5 Å². The van der Waals surface area contributed by atoms with Crippen LogP contribution < -0.4 is 41.2 Å². The van der Waals surface area contributed by atoms with Crippen molar-refractivity contribution in [3.05, 3.63) is 329 Å². The number of hydrogen-bond donors (Lipinski definition) is 0. The first kappa shape index (κ1) is 102. The van der Waals surface area contributed by atoms with Gasteiger partial charge in [0.25, 0.3) is 22.2 Å². The van der Waals surface area contributed by atoms with E-state index in [9.17, 15) is 52.8 Å². The minimum absolute atomic E-state index is 0. The molecular weight excluding hydrogens is 1950 g/mol. The number of hydrogen-bond acceptors (Lipinski definition) is 24. The number of sulfone groups is 4. The molecule has 4 aliphatic rings. The van der Waals surface area contributed by atoms with Gasteiger partial charge in [-0.1, -0.05) is 131 Å². The lowest BCUT2D eigenvalue weighted by molar-refractivity contribution is 0.412. The summed E-state index contributed by atoms with van der Waals surface area (Å²) in [5.41, 5.74) is 7.16. The highest BCUT2D eigenvalue weighted by molar-refractivity contribution is 9.10. The SMILES string of the molecule is C.C#CC1CCCC1.COc1ccc(Br)cc1-n1c(=O)ccc2cc(S(=O)(=O)Cc3ccon3)ccc21.COc1ccc(C#CC2CCCC2)cc1-n1c(=O)ccc2cc(S(=O)(=O)Cc3ccon3)ccc21.COc1ccc(C#CC2CCCC2)cc1-n1c(=O)ccc2cc(S(=O)(=O)Cc3ccon3)ccc21.COc1ccc(C#CC2CCCC2)cc1-n1c(=O)ccc2cc(S(=O)(=O)Cc3ccon3)ccc21. The number of aromatic nitrogens is 8. The predicted molar refractivity (Wildman–Crippen MR) is 546 cm³/mol. The number of halogens is 1. The molecule has 20 rings (SSSR count). The van der Waals surface area contributed by atoms with Crippen molar-refractivity contribution in [2.45, 2.75) is 153 Å². The maximum atomic E-state index is 13.0. The fourth-order valence-corrected chi connectivity index (χ4v) is 23.0. The predicted octanol–water partition coefficient (Wildman–Crippen LogP) is 19.7. The summed E-state index contributed by atoms with van der Waals surface area (Å²) in [7, 11) is -8.40. The van der Waals surface area contributed by atoms with E-state index in [-0.39, 0.29) is 72.3 Å². The van der Waals surface area contributed by atoms with Crippen LogP contribution in [-0.2, 0) is 62.4 Å². The van der Waals surface area contributed by atoms with Gasteiger partial charge in [-0.3, -0.25) is 37.4 Å². The summed E-state index contributed by atoms with van der Waals surface area (Å²) in [6.07, 6.45) is 29.8. The van der Waals surface area contributed by atoms with Crippen LogP contribution in [0.5, 0.6) is 23.0 Å². The molecule has 0 atom stereocenters. The fourth-order valence-electron chi connectivity index (χ4n) is 17.5. The number of methoxy groups -OCH3 is 4. The number of pyridine rings is 4. The molecule has 0 saturated heterocycles. The first-order valence-electron chi connectivity index (χ1n) is 45.7. The summed E-state index contributed by atoms with van der Waals surface area (Å²) in [5.74, 6) is 25.4. The smallest absolute Gasteiger partial charge is 0.255 e. The Labute approximate surface area is 829 Å². The lowest BCUT2D eigenvalue weighted by Crippen LogP contribution is -2.18. The quantitative estimate of drug-likeness (QED) is 0.0640. The summed E-state index contributed by atoms with van der Waals surface area (Å²) in [6.45, 7) is 0. The van der Waals surface area contributed by atoms with Crippen LogP contribution in [0, 0.1) is 71.5 Å². The average molecular weight is 2050 g/mol. The Balaban J connectivity index is 0.000000139. The van der Waals surface area contributed by atoms with Crippen molar-refractivity contribution in [2.75, 3.05) is 28.4 Å². The van der Waals surface area contributed by atoms with Gasteiger partial charge < -0.3 is 37.0 Å². The second kappa shape index (κ2) is 45.6. The Kier molecular flexibility index (Phi) is 32.6. The summed E-state index contributed by atoms with van der Waals surface area (Å²) in [5, 5.41) is 17.2. The number of nitrogens with zero attached hydrogens (tertiary/aromatic N) is 8. The maximum Gasteiger partial charge on any atom is 0.255 e. The lowest BCUT2D eigenvalue weighted by atomic mass is 10.1. The van der Waals surface area contributed by atoms with Gasteiger partial charge in [0.15, 0.2) is 39.3 Å². The van der Waals surface area contributed by atoms with Crippen molar-refractivity contribution in [3.63, 3.8) is 0 Å². The van der Waals surface area contributed by atoms with Crippen molar-refractivity contribution in [1.82, 2.24) is 38.9 Å². The lowest BCUT2D eigenvalue weighted by Gasteiger charge is -2.15. The van der Waals surface area contributed by atoms with Gasteiger partial charge >= 0.3 is 0 Å². The van der Waals surface area contributed by atoms with Crippen molar-refractivity contribution in [1.29, 1.82) is 0 Å². The van der Waals surface area contributed by atoms with E-state index >= 15 is 0 Å². The fraction of sp³-hybridized carbons (Fsp3) is 0.266. The Morgan fingerprint density at radius 2 is 0.556 bits per heavy atom. The monoisotopic (exact) mass is 2050 g/mol. The molecular formula is C109H101BrN8O20S4. The van der Waals surface area contributed by atoms with Gasteiger partial charge in [0.05, 0.1) is 116 Å². The Bertz CT molecular complexity index is 7740. The molecule has 0 N–H and O–H groups in total. The molecule has 4 aliphatic carbocycles. The summed E-state index contributed by atoms with van der Waals surface area (Å²) in [4.78, 5) is 52.2. The molecule has 33 heteroatoms. The van der Waals surface area contributed by atoms with Gasteiger partial charge in [0.2, 0.25) is 0 Å². The topological polar surface area (TPSA) is 366 Å². The van der Waals surface area contributed by atoms with Gasteiger partial charge in [0, 0.05) is 115 Å². The second-order valence-corrected chi connectivity index (χ2v) is 43.2. The third-order valence-corrected chi connectivity index (χ3v) is 31.9. The van der Waals surface area contributed by atoms with E-state index in [0.717, 1.165) is 59.7 Å². The van der Waals surface area contributed by atoms with Crippen LogP contribution in [0.15, 0.2) is 305 Å². The molecule has 0 bridgehead atoms. The van der Waals surface area contributed by atoms with Crippen molar-refractivity contribution in [3.8, 4) is 93.6 Å². The average Bonchev–Trinajstić information content (AvgIpc) is 1.60. The zero-order valence-corrected chi connectivity index (χ0v) is 82.2. The zero-order valence-electron chi connectivity index (χ0n) is 77.4. The third kappa shape index (κ3) is 24.2. The van der Waals surface area contributed by atoms with Crippen LogP contribution >= 0.6 is 15.9 Å². The second-order valence-electron chi connectivity index (χ2n) is 34.3. The largest absolute Gasteiger partial charge is 0.495 e. The summed E-state index contributed by atoms with van der Waals surface area (Å²) < 4.78 is 151. The highest BCUT2D eigenvalue weighted by Gasteiger charge is 2.27. The van der Waals surface area contributed by atoms with Crippen LogP contribution in [0.3, 0.4) is 0 Å². The highest BCUT2D eigenvalue weighted by atomic mass is 79.9. The number of terminal acetylenes is 1. The molecule has 16 aromatic rings. The molecule has 0 radical (unpaired) electrons. The van der Waals surface area contributed by atoms with E-state index in [0.29, 0.717) is 136 Å². The van der Waals surface area contributed by atoms with Crippen molar-refractivity contribution >= 4 is 98.9 Å². The number of rotatable bonds is 20. The third-order valence-electron chi connectivity index (χ3n) is 24.8. The molecule has 4 fully saturated rings. The van der Waals surface area contributed by atoms with Crippen LogP contribution in [0.4, 0.5) is 0 Å². The van der Waals surface area contributed by atoms with E-state index in [2.05, 4.69) is 78.0 Å². The zero-order chi connectivity index (χ0) is 99.0. The van der Waals surface area contributed by atoms with E-state index in [1.54, 1.807) is 124 Å². The molecule has 142 heavy (non-hydrogen) atoms. The number of fused-ring (bicyclic) bond motifs is 4. The molecule has 728 valence electrons. The van der Waals surface area contributed by atoms with E-state index < -0.39 is 39.3 Å².